The molecule has 0 saturated heterocycles. The summed E-state index contributed by atoms with van der Waals surface area (Å²) in [7, 11) is 1.86. The van der Waals surface area contributed by atoms with Gasteiger partial charge in [-0.25, -0.2) is 0 Å². The second-order valence-corrected chi connectivity index (χ2v) is 6.73. The van der Waals surface area contributed by atoms with Crippen LogP contribution in [0.5, 0.6) is 0 Å². The molecule has 0 heterocycles. The van der Waals surface area contributed by atoms with Gasteiger partial charge in [0, 0.05) is 16.7 Å². The van der Waals surface area contributed by atoms with Crippen LogP contribution in [0, 0.1) is 0 Å². The topological polar surface area (TPSA) is 32.3 Å². The maximum absolute atomic E-state index is 10.3. The van der Waals surface area contributed by atoms with E-state index in [-0.39, 0.29) is 0 Å². The summed E-state index contributed by atoms with van der Waals surface area (Å²) < 4.78 is 0. The van der Waals surface area contributed by atoms with Gasteiger partial charge < -0.3 is 10.4 Å². The van der Waals surface area contributed by atoms with Crippen LogP contribution in [0.1, 0.15) is 38.2 Å². The molecule has 1 aromatic carbocycles. The fourth-order valence-corrected chi connectivity index (χ4v) is 3.78. The van der Waals surface area contributed by atoms with Gasteiger partial charge in [-0.05, 0) is 44.5 Å². The van der Waals surface area contributed by atoms with E-state index in [0.29, 0.717) is 6.54 Å². The van der Waals surface area contributed by atoms with Crippen molar-refractivity contribution >= 4 is 11.8 Å². The molecule has 100 valence electrons. The van der Waals surface area contributed by atoms with Crippen molar-refractivity contribution in [2.45, 2.75) is 48.4 Å². The van der Waals surface area contributed by atoms with Gasteiger partial charge in [0.05, 0.1) is 5.60 Å². The van der Waals surface area contributed by atoms with Crippen LogP contribution in [0.4, 0.5) is 0 Å². The van der Waals surface area contributed by atoms with E-state index >= 15 is 0 Å². The third kappa shape index (κ3) is 3.50. The Balaban J connectivity index is 2.00. The molecule has 2 rings (SSSR count). The van der Waals surface area contributed by atoms with Crippen molar-refractivity contribution < 1.29 is 5.11 Å². The minimum absolute atomic E-state index is 0.572. The zero-order valence-corrected chi connectivity index (χ0v) is 12.1. The van der Waals surface area contributed by atoms with Crippen molar-refractivity contribution in [3.8, 4) is 0 Å². The minimum atomic E-state index is -0.786. The number of hydrogen-bond acceptors (Lipinski definition) is 3. The lowest BCUT2D eigenvalue weighted by Gasteiger charge is -2.23. The Kier molecular flexibility index (Phi) is 4.71. The summed E-state index contributed by atoms with van der Waals surface area (Å²) in [5, 5.41) is 14.1. The molecule has 1 saturated carbocycles. The van der Waals surface area contributed by atoms with E-state index in [9.17, 15) is 5.11 Å². The summed E-state index contributed by atoms with van der Waals surface area (Å²) in [4.78, 5) is 1.32. The average Bonchev–Trinajstić information content (AvgIpc) is 2.82. The molecule has 2 N–H and O–H groups in total. The molecule has 1 fully saturated rings. The Hall–Kier alpha value is -0.510. The van der Waals surface area contributed by atoms with Crippen LogP contribution in [0.3, 0.4) is 0 Å². The van der Waals surface area contributed by atoms with Crippen LogP contribution in [0.25, 0.3) is 0 Å². The first-order valence-corrected chi connectivity index (χ1v) is 7.64. The molecular weight excluding hydrogens is 242 g/mol. The smallest absolute Gasteiger partial charge is 0.0992 e. The van der Waals surface area contributed by atoms with E-state index in [1.54, 1.807) is 0 Å². The molecule has 2 nitrogen and oxygen atoms in total. The van der Waals surface area contributed by atoms with Gasteiger partial charge in [0.1, 0.15) is 0 Å². The highest BCUT2D eigenvalue weighted by molar-refractivity contribution is 8.00. The fraction of sp³-hybridized carbons (Fsp3) is 0.600. The van der Waals surface area contributed by atoms with Crippen molar-refractivity contribution in [3.05, 3.63) is 29.8 Å². The van der Waals surface area contributed by atoms with E-state index in [2.05, 4.69) is 29.6 Å². The van der Waals surface area contributed by atoms with E-state index in [0.717, 1.165) is 10.8 Å². The number of hydrogen-bond donors (Lipinski definition) is 2. The molecule has 0 spiro atoms. The Labute approximate surface area is 114 Å². The first-order chi connectivity index (χ1) is 8.62. The SMILES string of the molecule is CNCC(C)(O)c1ccc(SC2CCCC2)cc1. The molecule has 0 aliphatic heterocycles. The number of aliphatic hydroxyl groups is 1. The molecule has 0 aromatic heterocycles. The van der Waals surface area contributed by atoms with Gasteiger partial charge in [-0.1, -0.05) is 25.0 Å². The Bertz CT molecular complexity index is 369. The highest BCUT2D eigenvalue weighted by Gasteiger charge is 2.22. The van der Waals surface area contributed by atoms with E-state index in [1.165, 1.54) is 30.6 Å². The van der Waals surface area contributed by atoms with Crippen molar-refractivity contribution in [3.63, 3.8) is 0 Å². The van der Waals surface area contributed by atoms with Gasteiger partial charge >= 0.3 is 0 Å². The van der Waals surface area contributed by atoms with E-state index in [1.807, 2.05) is 25.7 Å². The molecule has 0 bridgehead atoms. The normalized spacial score (nSPS) is 19.9. The zero-order valence-electron chi connectivity index (χ0n) is 11.3. The summed E-state index contributed by atoms with van der Waals surface area (Å²) in [5.74, 6) is 0. The molecule has 18 heavy (non-hydrogen) atoms. The highest BCUT2D eigenvalue weighted by Crippen LogP contribution is 2.35. The lowest BCUT2D eigenvalue weighted by atomic mass is 9.96. The number of nitrogens with one attached hydrogen (secondary N) is 1. The molecule has 1 aliphatic carbocycles. The summed E-state index contributed by atoms with van der Waals surface area (Å²) in [6, 6.07) is 8.38. The summed E-state index contributed by atoms with van der Waals surface area (Å²) in [6.07, 6.45) is 5.47. The maximum Gasteiger partial charge on any atom is 0.0992 e. The van der Waals surface area contributed by atoms with Crippen LogP contribution in [-0.2, 0) is 5.60 Å². The predicted octanol–water partition coefficient (Wildman–Crippen LogP) is 3.15. The number of rotatable bonds is 5. The lowest BCUT2D eigenvalue weighted by molar-refractivity contribution is 0.0591. The van der Waals surface area contributed by atoms with Crippen LogP contribution >= 0.6 is 11.8 Å². The average molecular weight is 265 g/mol. The lowest BCUT2D eigenvalue weighted by Crippen LogP contribution is -2.33. The standard InChI is InChI=1S/C15H23NOS/c1-15(17,11-16-2)12-7-9-14(10-8-12)18-13-5-3-4-6-13/h7-10,13,16-17H,3-6,11H2,1-2H3. The third-order valence-corrected chi connectivity index (χ3v) is 4.95. The molecule has 1 unspecified atom stereocenters. The first-order valence-electron chi connectivity index (χ1n) is 6.76. The summed E-state index contributed by atoms with van der Waals surface area (Å²) in [6.45, 7) is 2.42. The largest absolute Gasteiger partial charge is 0.384 e. The van der Waals surface area contributed by atoms with Gasteiger partial charge in [-0.15, -0.1) is 11.8 Å². The monoisotopic (exact) mass is 265 g/mol. The molecule has 1 aliphatic rings. The molecule has 1 aromatic rings. The highest BCUT2D eigenvalue weighted by atomic mass is 32.2. The van der Waals surface area contributed by atoms with Gasteiger partial charge in [0.2, 0.25) is 0 Å². The number of benzene rings is 1. The van der Waals surface area contributed by atoms with Crippen LogP contribution in [-0.4, -0.2) is 23.9 Å². The summed E-state index contributed by atoms with van der Waals surface area (Å²) >= 11 is 1.99. The minimum Gasteiger partial charge on any atom is -0.384 e. The van der Waals surface area contributed by atoms with Crippen molar-refractivity contribution in [2.24, 2.45) is 0 Å². The fourth-order valence-electron chi connectivity index (χ4n) is 2.54. The van der Waals surface area contributed by atoms with Crippen LogP contribution in [0.2, 0.25) is 0 Å². The molecular formula is C15H23NOS. The Morgan fingerprint density at radius 1 is 1.28 bits per heavy atom. The Morgan fingerprint density at radius 2 is 1.89 bits per heavy atom. The molecule has 0 radical (unpaired) electrons. The summed E-state index contributed by atoms with van der Waals surface area (Å²) in [5.41, 5.74) is 0.193. The second kappa shape index (κ2) is 6.09. The maximum atomic E-state index is 10.3. The van der Waals surface area contributed by atoms with E-state index < -0.39 is 5.60 Å². The van der Waals surface area contributed by atoms with Gasteiger partial charge in [0.15, 0.2) is 0 Å². The molecule has 1 atom stereocenters. The second-order valence-electron chi connectivity index (χ2n) is 5.35. The van der Waals surface area contributed by atoms with Crippen molar-refractivity contribution in [1.29, 1.82) is 0 Å². The quantitative estimate of drug-likeness (QED) is 0.858. The van der Waals surface area contributed by atoms with E-state index in [4.69, 9.17) is 0 Å². The zero-order chi connectivity index (χ0) is 13.0. The van der Waals surface area contributed by atoms with Crippen LogP contribution < -0.4 is 5.32 Å². The molecule has 0 amide bonds. The first kappa shape index (κ1) is 13.9. The predicted molar refractivity (Wildman–Crippen MR) is 78.1 cm³/mol. The van der Waals surface area contributed by atoms with Crippen molar-refractivity contribution in [2.75, 3.05) is 13.6 Å². The van der Waals surface area contributed by atoms with Crippen molar-refractivity contribution in [1.82, 2.24) is 5.32 Å². The molecule has 3 heteroatoms. The van der Waals surface area contributed by atoms with Gasteiger partial charge in [-0.3, -0.25) is 0 Å². The van der Waals surface area contributed by atoms with Crippen LogP contribution in [0.15, 0.2) is 29.2 Å². The van der Waals surface area contributed by atoms with Gasteiger partial charge in [0.25, 0.3) is 0 Å². The Morgan fingerprint density at radius 3 is 2.44 bits per heavy atom. The number of likely N-dealkylation sites (N-methyl/N-ethyl adjacent to an activating group) is 1. The van der Waals surface area contributed by atoms with Gasteiger partial charge in [-0.2, -0.15) is 0 Å². The third-order valence-electron chi connectivity index (χ3n) is 3.60. The number of thioether (sulfide) groups is 1.